The highest BCUT2D eigenvalue weighted by molar-refractivity contribution is 7.93. The molecule has 14 heavy (non-hydrogen) atoms. The number of carboxylic acids is 1. The summed E-state index contributed by atoms with van der Waals surface area (Å²) in [4.78, 5) is 10.8. The van der Waals surface area contributed by atoms with Gasteiger partial charge in [-0.2, -0.15) is 0 Å². The van der Waals surface area contributed by atoms with Crippen molar-refractivity contribution < 1.29 is 18.3 Å². The van der Waals surface area contributed by atoms with Crippen molar-refractivity contribution in [3.05, 3.63) is 0 Å². The summed E-state index contributed by atoms with van der Waals surface area (Å²) in [6.45, 7) is 5.38. The molecular weight excluding hydrogens is 204 g/mol. The molecule has 0 heterocycles. The van der Waals surface area contributed by atoms with Crippen LogP contribution in [0.2, 0.25) is 0 Å². The second-order valence-corrected chi connectivity index (χ2v) is 7.42. The Bertz CT molecular complexity index is 343. The maximum Gasteiger partial charge on any atom is 0.325 e. The topological polar surface area (TPSA) is 71.4 Å². The van der Waals surface area contributed by atoms with Crippen molar-refractivity contribution in [2.45, 2.75) is 38.4 Å². The van der Waals surface area contributed by atoms with Crippen molar-refractivity contribution in [2.24, 2.45) is 5.41 Å². The molecule has 1 rings (SSSR count). The summed E-state index contributed by atoms with van der Waals surface area (Å²) in [6, 6.07) is 0. The van der Waals surface area contributed by atoms with Gasteiger partial charge in [-0.15, -0.1) is 0 Å². The highest BCUT2D eigenvalue weighted by atomic mass is 32.2. The first-order valence-electron chi connectivity index (χ1n) is 4.56. The van der Waals surface area contributed by atoms with Crippen LogP contribution in [-0.4, -0.2) is 30.0 Å². The van der Waals surface area contributed by atoms with E-state index in [9.17, 15) is 13.2 Å². The molecule has 1 aliphatic carbocycles. The van der Waals surface area contributed by atoms with Crippen LogP contribution in [0.4, 0.5) is 0 Å². The van der Waals surface area contributed by atoms with Crippen molar-refractivity contribution in [3.63, 3.8) is 0 Å². The first-order chi connectivity index (χ1) is 6.11. The fourth-order valence-corrected chi connectivity index (χ4v) is 3.89. The van der Waals surface area contributed by atoms with Crippen molar-refractivity contribution in [2.75, 3.05) is 5.75 Å². The first kappa shape index (κ1) is 11.5. The van der Waals surface area contributed by atoms with E-state index in [0.717, 1.165) is 0 Å². The molecule has 0 amide bonds. The van der Waals surface area contributed by atoms with E-state index >= 15 is 0 Å². The molecule has 0 aromatic heterocycles. The molecule has 1 saturated carbocycles. The molecule has 0 spiro atoms. The molecule has 5 heteroatoms. The Hall–Kier alpha value is -0.580. The average molecular weight is 220 g/mol. The lowest BCUT2D eigenvalue weighted by Gasteiger charge is -2.21. The largest absolute Gasteiger partial charge is 0.480 e. The van der Waals surface area contributed by atoms with Crippen molar-refractivity contribution in [1.82, 2.24) is 0 Å². The van der Waals surface area contributed by atoms with Gasteiger partial charge in [0.15, 0.2) is 14.6 Å². The summed E-state index contributed by atoms with van der Waals surface area (Å²) in [6.07, 6.45) is 0.529. The number of rotatable bonds is 3. The van der Waals surface area contributed by atoms with Gasteiger partial charge in [-0.3, -0.25) is 4.79 Å². The molecule has 1 aliphatic rings. The van der Waals surface area contributed by atoms with Crippen LogP contribution in [0.15, 0.2) is 0 Å². The number of hydrogen-bond acceptors (Lipinski definition) is 3. The normalized spacial score (nSPS) is 20.5. The van der Waals surface area contributed by atoms with Crippen LogP contribution in [0.5, 0.6) is 0 Å². The van der Waals surface area contributed by atoms with Gasteiger partial charge < -0.3 is 5.11 Å². The SMILES string of the molecule is CC(C)(C)CS(=O)(=O)C1(C(=O)O)CC1. The van der Waals surface area contributed by atoms with Gasteiger partial charge in [0.25, 0.3) is 0 Å². The van der Waals surface area contributed by atoms with E-state index < -0.39 is 20.6 Å². The molecule has 0 radical (unpaired) electrons. The Morgan fingerprint density at radius 1 is 1.36 bits per heavy atom. The Balaban J connectivity index is 2.93. The van der Waals surface area contributed by atoms with Crippen LogP contribution in [0, 0.1) is 5.41 Å². The van der Waals surface area contributed by atoms with Crippen molar-refractivity contribution in [3.8, 4) is 0 Å². The molecule has 4 nitrogen and oxygen atoms in total. The minimum atomic E-state index is -3.51. The number of sulfone groups is 1. The lowest BCUT2D eigenvalue weighted by Crippen LogP contribution is -2.37. The van der Waals surface area contributed by atoms with Gasteiger partial charge in [0, 0.05) is 0 Å². The summed E-state index contributed by atoms with van der Waals surface area (Å²) in [7, 11) is -3.51. The zero-order chi connectivity index (χ0) is 11.2. The third-order valence-corrected chi connectivity index (χ3v) is 5.33. The zero-order valence-electron chi connectivity index (χ0n) is 8.70. The molecule has 82 valence electrons. The van der Waals surface area contributed by atoms with Crippen LogP contribution in [0.25, 0.3) is 0 Å². The predicted octanol–water partition coefficient (Wildman–Crippen LogP) is 1.06. The van der Waals surface area contributed by atoms with E-state index in [1.165, 1.54) is 0 Å². The molecule has 1 N–H and O–H groups in total. The summed E-state index contributed by atoms with van der Waals surface area (Å²) in [5, 5.41) is 8.86. The lowest BCUT2D eigenvalue weighted by molar-refractivity contribution is -0.137. The number of carboxylic acid groups (broad SMARTS) is 1. The van der Waals surface area contributed by atoms with Gasteiger partial charge in [0.1, 0.15) is 0 Å². The third-order valence-electron chi connectivity index (χ3n) is 2.31. The molecule has 0 saturated heterocycles. The van der Waals surface area contributed by atoms with E-state index in [4.69, 9.17) is 5.11 Å². The Morgan fingerprint density at radius 2 is 1.79 bits per heavy atom. The van der Waals surface area contributed by atoms with Gasteiger partial charge >= 0.3 is 5.97 Å². The van der Waals surface area contributed by atoms with E-state index in [1.54, 1.807) is 20.8 Å². The number of carbonyl (C=O) groups is 1. The van der Waals surface area contributed by atoms with Crippen LogP contribution in [0.1, 0.15) is 33.6 Å². The highest BCUT2D eigenvalue weighted by Crippen LogP contribution is 2.45. The van der Waals surface area contributed by atoms with E-state index in [-0.39, 0.29) is 24.0 Å². The smallest absolute Gasteiger partial charge is 0.325 e. The minimum Gasteiger partial charge on any atom is -0.480 e. The lowest BCUT2D eigenvalue weighted by atomic mass is 10.0. The molecule has 0 aromatic carbocycles. The maximum absolute atomic E-state index is 11.8. The number of aliphatic carboxylic acids is 1. The first-order valence-corrected chi connectivity index (χ1v) is 6.22. The number of hydrogen-bond donors (Lipinski definition) is 1. The van der Waals surface area contributed by atoms with Gasteiger partial charge in [-0.05, 0) is 18.3 Å². The molecular formula is C9H16O4S. The second kappa shape index (κ2) is 2.95. The second-order valence-electron chi connectivity index (χ2n) is 5.12. The molecule has 0 atom stereocenters. The molecule has 0 aliphatic heterocycles. The van der Waals surface area contributed by atoms with Gasteiger partial charge in [-0.25, -0.2) is 8.42 Å². The van der Waals surface area contributed by atoms with Crippen molar-refractivity contribution >= 4 is 15.8 Å². The minimum absolute atomic E-state index is 0.0632. The third kappa shape index (κ3) is 1.92. The predicted molar refractivity (Wildman–Crippen MR) is 52.8 cm³/mol. The van der Waals surface area contributed by atoms with Crippen LogP contribution < -0.4 is 0 Å². The standard InChI is InChI=1S/C9H16O4S/c1-8(2,3)6-14(12,13)9(4-5-9)7(10)11/h4-6H2,1-3H3,(H,10,11). The monoisotopic (exact) mass is 220 g/mol. The Morgan fingerprint density at radius 3 is 2.00 bits per heavy atom. The van der Waals surface area contributed by atoms with Crippen LogP contribution in [0.3, 0.4) is 0 Å². The summed E-state index contributed by atoms with van der Waals surface area (Å²) >= 11 is 0. The average Bonchev–Trinajstić information content (AvgIpc) is 2.56. The molecule has 1 fully saturated rings. The summed E-state index contributed by atoms with van der Waals surface area (Å²) < 4.78 is 22.1. The van der Waals surface area contributed by atoms with Crippen LogP contribution in [-0.2, 0) is 14.6 Å². The van der Waals surface area contributed by atoms with Gasteiger partial charge in [-0.1, -0.05) is 20.8 Å². The summed E-state index contributed by atoms with van der Waals surface area (Å²) in [5.41, 5.74) is -0.385. The van der Waals surface area contributed by atoms with Gasteiger partial charge in [0.05, 0.1) is 5.75 Å². The Labute approximate surface area is 84.2 Å². The Kier molecular flexibility index (Phi) is 2.42. The maximum atomic E-state index is 11.8. The van der Waals surface area contributed by atoms with Gasteiger partial charge in [0.2, 0.25) is 0 Å². The quantitative estimate of drug-likeness (QED) is 0.772. The molecule has 0 aromatic rings. The molecule has 0 bridgehead atoms. The van der Waals surface area contributed by atoms with E-state index in [2.05, 4.69) is 0 Å². The fourth-order valence-electron chi connectivity index (χ4n) is 1.48. The van der Waals surface area contributed by atoms with E-state index in [1.807, 2.05) is 0 Å². The molecule has 0 unspecified atom stereocenters. The van der Waals surface area contributed by atoms with E-state index in [0.29, 0.717) is 0 Å². The fraction of sp³-hybridized carbons (Fsp3) is 0.889. The zero-order valence-corrected chi connectivity index (χ0v) is 9.52. The highest BCUT2D eigenvalue weighted by Gasteiger charge is 2.61. The summed E-state index contributed by atoms with van der Waals surface area (Å²) in [5.74, 6) is -1.26. The van der Waals surface area contributed by atoms with Crippen molar-refractivity contribution in [1.29, 1.82) is 0 Å². The van der Waals surface area contributed by atoms with Crippen LogP contribution >= 0.6 is 0 Å².